The molecule has 150 valence electrons. The van der Waals surface area contributed by atoms with Crippen molar-refractivity contribution in [2.45, 2.75) is 44.9 Å². The fraction of sp³-hybridized carbons (Fsp3) is 0.391. The van der Waals surface area contributed by atoms with E-state index in [-0.39, 0.29) is 5.91 Å². The van der Waals surface area contributed by atoms with Crippen LogP contribution in [-0.4, -0.2) is 45.4 Å². The second-order valence-corrected chi connectivity index (χ2v) is 8.20. The summed E-state index contributed by atoms with van der Waals surface area (Å²) in [6, 6.07) is 12.6. The number of likely N-dealkylation sites (tertiary alicyclic amines) is 1. The molecule has 1 N–H and O–H groups in total. The number of aryl methyl sites for hydroxylation is 1. The molecule has 29 heavy (non-hydrogen) atoms. The van der Waals surface area contributed by atoms with Gasteiger partial charge in [0.05, 0.1) is 5.69 Å². The molecular weight excluding hydrogens is 364 g/mol. The molecule has 0 aliphatic carbocycles. The Morgan fingerprint density at radius 1 is 1.17 bits per heavy atom. The highest BCUT2D eigenvalue weighted by atomic mass is 16.5. The van der Waals surface area contributed by atoms with E-state index in [0.29, 0.717) is 30.0 Å². The van der Waals surface area contributed by atoms with Gasteiger partial charge in [0.2, 0.25) is 0 Å². The number of hydrogen-bond acceptors (Lipinski definition) is 4. The molecule has 0 radical (unpaired) electrons. The number of amides is 1. The summed E-state index contributed by atoms with van der Waals surface area (Å²) in [6.07, 6.45) is 7.46. The van der Waals surface area contributed by atoms with Gasteiger partial charge in [0.25, 0.3) is 5.91 Å². The number of aromatic nitrogens is 2. The van der Waals surface area contributed by atoms with Crippen LogP contribution < -0.4 is 10.1 Å². The number of imidazole rings is 1. The van der Waals surface area contributed by atoms with E-state index in [1.807, 2.05) is 58.1 Å². The Hall–Kier alpha value is -2.86. The molecule has 6 heteroatoms. The summed E-state index contributed by atoms with van der Waals surface area (Å²) in [5.74, 6) is 0.784. The smallest absolute Gasteiger partial charge is 0.254 e. The van der Waals surface area contributed by atoms with Gasteiger partial charge in [-0.1, -0.05) is 12.1 Å². The number of carbonyl (C=O) groups is 1. The van der Waals surface area contributed by atoms with Crippen LogP contribution in [0.4, 0.5) is 0 Å². The molecule has 2 fully saturated rings. The maximum atomic E-state index is 13.0. The van der Waals surface area contributed by atoms with Crippen molar-refractivity contribution >= 4 is 11.6 Å². The van der Waals surface area contributed by atoms with Crippen LogP contribution in [0.15, 0.2) is 48.8 Å². The number of benzene rings is 1. The van der Waals surface area contributed by atoms with Gasteiger partial charge in [0.1, 0.15) is 18.0 Å². The van der Waals surface area contributed by atoms with Gasteiger partial charge in [-0.25, -0.2) is 4.98 Å². The van der Waals surface area contributed by atoms with Gasteiger partial charge in [0.15, 0.2) is 0 Å². The third-order valence-corrected chi connectivity index (χ3v) is 5.93. The first kappa shape index (κ1) is 18.2. The van der Waals surface area contributed by atoms with Crippen molar-refractivity contribution < 1.29 is 9.53 Å². The topological polar surface area (TPSA) is 58.9 Å². The number of rotatable bonds is 4. The Kier molecular flexibility index (Phi) is 4.72. The van der Waals surface area contributed by atoms with E-state index in [4.69, 9.17) is 4.74 Å². The lowest BCUT2D eigenvalue weighted by Gasteiger charge is -2.24. The standard InChI is InChI=1S/C23H26N4O2/c1-16-5-8-22-25-20(14-27(22)12-16)15-29-21-4-2-3-17(11-21)23(28)26-10-9-18-6-7-19(13-26)24-18/h2-5,8,11-12,14,18-19,24H,6-7,9-10,13,15H2,1H3. The Labute approximate surface area is 170 Å². The van der Waals surface area contributed by atoms with Crippen LogP contribution in [0.1, 0.15) is 40.9 Å². The second kappa shape index (κ2) is 7.52. The average Bonchev–Trinajstić information content (AvgIpc) is 3.28. The van der Waals surface area contributed by atoms with E-state index < -0.39 is 0 Å². The van der Waals surface area contributed by atoms with Crippen molar-refractivity contribution in [3.8, 4) is 5.75 Å². The van der Waals surface area contributed by atoms with Crippen molar-refractivity contribution in [2.24, 2.45) is 0 Å². The minimum Gasteiger partial charge on any atom is -0.487 e. The molecule has 2 saturated heterocycles. The highest BCUT2D eigenvalue weighted by Gasteiger charge is 2.31. The number of nitrogens with one attached hydrogen (secondary N) is 1. The molecule has 2 aromatic heterocycles. The van der Waals surface area contributed by atoms with Crippen molar-refractivity contribution in [3.63, 3.8) is 0 Å². The first-order valence-electron chi connectivity index (χ1n) is 10.4. The maximum absolute atomic E-state index is 13.0. The third kappa shape index (κ3) is 3.85. The normalized spacial score (nSPS) is 21.3. The fourth-order valence-electron chi connectivity index (χ4n) is 4.41. The van der Waals surface area contributed by atoms with Crippen LogP contribution in [0, 0.1) is 6.92 Å². The zero-order valence-corrected chi connectivity index (χ0v) is 16.7. The van der Waals surface area contributed by atoms with Gasteiger partial charge < -0.3 is 19.4 Å². The first-order chi connectivity index (χ1) is 14.1. The van der Waals surface area contributed by atoms with Crippen LogP contribution in [0.25, 0.3) is 5.65 Å². The van der Waals surface area contributed by atoms with Gasteiger partial charge in [-0.2, -0.15) is 0 Å². The van der Waals surface area contributed by atoms with Gasteiger partial charge >= 0.3 is 0 Å². The van der Waals surface area contributed by atoms with E-state index in [9.17, 15) is 4.79 Å². The second-order valence-electron chi connectivity index (χ2n) is 8.20. The molecule has 3 aromatic rings. The van der Waals surface area contributed by atoms with Crippen LogP contribution >= 0.6 is 0 Å². The van der Waals surface area contributed by atoms with Gasteiger partial charge in [-0.15, -0.1) is 0 Å². The third-order valence-electron chi connectivity index (χ3n) is 5.93. The summed E-state index contributed by atoms with van der Waals surface area (Å²) < 4.78 is 7.95. The predicted molar refractivity (Wildman–Crippen MR) is 111 cm³/mol. The molecular formula is C23H26N4O2. The lowest BCUT2D eigenvalue weighted by atomic mass is 10.1. The fourth-order valence-corrected chi connectivity index (χ4v) is 4.41. The number of nitrogens with zero attached hydrogens (tertiary/aromatic N) is 3. The van der Waals surface area contributed by atoms with E-state index in [0.717, 1.165) is 37.3 Å². The lowest BCUT2D eigenvalue weighted by Crippen LogP contribution is -2.39. The van der Waals surface area contributed by atoms with Crippen LogP contribution in [0.5, 0.6) is 5.75 Å². The Morgan fingerprint density at radius 3 is 3.00 bits per heavy atom. The number of ether oxygens (including phenoxy) is 1. The van der Waals surface area contributed by atoms with Crippen LogP contribution in [-0.2, 0) is 6.61 Å². The van der Waals surface area contributed by atoms with Crippen LogP contribution in [0.2, 0.25) is 0 Å². The minimum absolute atomic E-state index is 0.0907. The molecule has 2 aliphatic rings. The summed E-state index contributed by atoms with van der Waals surface area (Å²) in [6.45, 7) is 4.04. The summed E-state index contributed by atoms with van der Waals surface area (Å²) in [7, 11) is 0. The molecule has 5 rings (SSSR count). The zero-order chi connectivity index (χ0) is 19.8. The molecule has 0 spiro atoms. The number of carbonyl (C=O) groups excluding carboxylic acids is 1. The summed E-state index contributed by atoms with van der Waals surface area (Å²) >= 11 is 0. The number of hydrogen-bond donors (Lipinski definition) is 1. The monoisotopic (exact) mass is 390 g/mol. The lowest BCUT2D eigenvalue weighted by molar-refractivity contribution is 0.0747. The molecule has 0 saturated carbocycles. The van der Waals surface area contributed by atoms with Gasteiger partial charge in [-0.3, -0.25) is 4.79 Å². The van der Waals surface area contributed by atoms with E-state index in [1.165, 1.54) is 12.0 Å². The molecule has 6 nitrogen and oxygen atoms in total. The number of pyridine rings is 1. The molecule has 4 heterocycles. The molecule has 2 unspecified atom stereocenters. The molecule has 1 amide bonds. The Morgan fingerprint density at radius 2 is 2.07 bits per heavy atom. The number of fused-ring (bicyclic) bond motifs is 3. The van der Waals surface area contributed by atoms with E-state index in [1.54, 1.807) is 0 Å². The van der Waals surface area contributed by atoms with Crippen molar-refractivity contribution in [1.82, 2.24) is 19.6 Å². The zero-order valence-electron chi connectivity index (χ0n) is 16.7. The van der Waals surface area contributed by atoms with Gasteiger partial charge in [-0.05, 0) is 56.0 Å². The predicted octanol–water partition coefficient (Wildman–Crippen LogP) is 3.19. The molecule has 2 atom stereocenters. The van der Waals surface area contributed by atoms with Crippen molar-refractivity contribution in [3.05, 3.63) is 65.6 Å². The van der Waals surface area contributed by atoms with Gasteiger partial charge in [0, 0.05) is 43.1 Å². The highest BCUT2D eigenvalue weighted by Crippen LogP contribution is 2.23. The van der Waals surface area contributed by atoms with Crippen molar-refractivity contribution in [1.29, 1.82) is 0 Å². The van der Waals surface area contributed by atoms with E-state index in [2.05, 4.69) is 17.2 Å². The Bertz CT molecular complexity index is 1040. The first-order valence-corrected chi connectivity index (χ1v) is 10.4. The Balaban J connectivity index is 1.27. The molecule has 2 bridgehead atoms. The largest absolute Gasteiger partial charge is 0.487 e. The minimum atomic E-state index is 0.0907. The van der Waals surface area contributed by atoms with E-state index >= 15 is 0 Å². The summed E-state index contributed by atoms with van der Waals surface area (Å²) in [5.41, 5.74) is 3.64. The molecule has 1 aromatic carbocycles. The quantitative estimate of drug-likeness (QED) is 0.743. The molecule has 2 aliphatic heterocycles. The SMILES string of the molecule is Cc1ccc2nc(COc3cccc(C(=O)N4CCC5CCC(C4)N5)c3)cn2c1. The van der Waals surface area contributed by atoms with Crippen molar-refractivity contribution in [2.75, 3.05) is 13.1 Å². The van der Waals surface area contributed by atoms with Crippen LogP contribution in [0.3, 0.4) is 0 Å². The average molecular weight is 390 g/mol. The highest BCUT2D eigenvalue weighted by molar-refractivity contribution is 5.94. The summed E-state index contributed by atoms with van der Waals surface area (Å²) in [4.78, 5) is 19.6. The maximum Gasteiger partial charge on any atom is 0.254 e. The summed E-state index contributed by atoms with van der Waals surface area (Å²) in [5, 5.41) is 3.63.